The molecule has 0 aliphatic heterocycles. The molecule has 3 N–H and O–H groups in total. The highest BCUT2D eigenvalue weighted by Gasteiger charge is 2.38. The second kappa shape index (κ2) is 5.36. The van der Waals surface area contributed by atoms with E-state index in [2.05, 4.69) is 33.2 Å². The number of nitrogens with zero attached hydrogens (tertiary/aromatic N) is 1. The predicted octanol–water partition coefficient (Wildman–Crippen LogP) is 2.69. The lowest BCUT2D eigenvalue weighted by atomic mass is 9.76. The van der Waals surface area contributed by atoms with Gasteiger partial charge in [-0.2, -0.15) is 0 Å². The number of hydrogen-bond donors (Lipinski definition) is 2. The number of rotatable bonds is 2. The van der Waals surface area contributed by atoms with Crippen LogP contribution in [-0.2, 0) is 4.79 Å². The Morgan fingerprint density at radius 3 is 3.00 bits per heavy atom. The molecule has 5 heteroatoms. The van der Waals surface area contributed by atoms with Crippen molar-refractivity contribution in [3.8, 4) is 0 Å². The number of nitrogens with one attached hydrogen (secondary N) is 1. The number of hydrogen-bond acceptors (Lipinski definition) is 3. The van der Waals surface area contributed by atoms with Crippen molar-refractivity contribution < 1.29 is 4.79 Å². The third-order valence-corrected chi connectivity index (χ3v) is 3.92. The average Bonchev–Trinajstić information content (AvgIpc) is 2.32. The summed E-state index contributed by atoms with van der Waals surface area (Å²) in [6, 6.07) is 3.60. The SMILES string of the molecule is CC1CCCC(N)(C(=O)Nc2ccc(Br)cn2)C1. The molecule has 1 aromatic rings. The molecule has 1 aliphatic rings. The molecule has 0 radical (unpaired) electrons. The number of halogens is 1. The number of aromatic nitrogens is 1. The first-order valence-corrected chi connectivity index (χ1v) is 7.01. The molecule has 1 saturated carbocycles. The molecule has 0 saturated heterocycles. The zero-order chi connectivity index (χ0) is 13.2. The Balaban J connectivity index is 2.04. The van der Waals surface area contributed by atoms with Gasteiger partial charge in [-0.25, -0.2) is 4.98 Å². The zero-order valence-electron chi connectivity index (χ0n) is 10.4. The maximum absolute atomic E-state index is 12.2. The maximum Gasteiger partial charge on any atom is 0.245 e. The second-order valence-electron chi connectivity index (χ2n) is 5.17. The zero-order valence-corrected chi connectivity index (χ0v) is 12.0. The molecule has 2 atom stereocenters. The number of carbonyl (C=O) groups excluding carboxylic acids is 1. The third kappa shape index (κ3) is 3.09. The summed E-state index contributed by atoms with van der Waals surface area (Å²) >= 11 is 3.31. The lowest BCUT2D eigenvalue weighted by molar-refractivity contribution is -0.122. The summed E-state index contributed by atoms with van der Waals surface area (Å²) in [6.45, 7) is 2.14. The van der Waals surface area contributed by atoms with Crippen LogP contribution < -0.4 is 11.1 Å². The van der Waals surface area contributed by atoms with Crippen LogP contribution in [0.25, 0.3) is 0 Å². The number of nitrogens with two attached hydrogens (primary N) is 1. The number of carbonyl (C=O) groups is 1. The molecule has 18 heavy (non-hydrogen) atoms. The molecular formula is C13H18BrN3O. The summed E-state index contributed by atoms with van der Waals surface area (Å²) in [5.41, 5.74) is 5.48. The van der Waals surface area contributed by atoms with E-state index in [0.29, 0.717) is 11.7 Å². The lowest BCUT2D eigenvalue weighted by Crippen LogP contribution is -2.53. The van der Waals surface area contributed by atoms with Gasteiger partial charge < -0.3 is 11.1 Å². The predicted molar refractivity (Wildman–Crippen MR) is 75.1 cm³/mol. The maximum atomic E-state index is 12.2. The molecule has 0 bridgehead atoms. The highest BCUT2D eigenvalue weighted by molar-refractivity contribution is 9.10. The van der Waals surface area contributed by atoms with E-state index in [1.54, 1.807) is 12.3 Å². The summed E-state index contributed by atoms with van der Waals surface area (Å²) in [7, 11) is 0. The quantitative estimate of drug-likeness (QED) is 0.882. The summed E-state index contributed by atoms with van der Waals surface area (Å²) < 4.78 is 0.884. The van der Waals surface area contributed by atoms with E-state index in [4.69, 9.17) is 5.73 Å². The van der Waals surface area contributed by atoms with Crippen LogP contribution in [0.3, 0.4) is 0 Å². The van der Waals surface area contributed by atoms with Crippen molar-refractivity contribution in [2.75, 3.05) is 5.32 Å². The second-order valence-corrected chi connectivity index (χ2v) is 6.09. The van der Waals surface area contributed by atoms with E-state index in [0.717, 1.165) is 30.2 Å². The minimum atomic E-state index is -0.744. The highest BCUT2D eigenvalue weighted by Crippen LogP contribution is 2.31. The monoisotopic (exact) mass is 311 g/mol. The molecular weight excluding hydrogens is 294 g/mol. The summed E-state index contributed by atoms with van der Waals surface area (Å²) in [5, 5.41) is 2.80. The van der Waals surface area contributed by atoms with Crippen molar-refractivity contribution in [1.82, 2.24) is 4.98 Å². The fraction of sp³-hybridized carbons (Fsp3) is 0.538. The van der Waals surface area contributed by atoms with E-state index < -0.39 is 5.54 Å². The molecule has 1 fully saturated rings. The van der Waals surface area contributed by atoms with Gasteiger partial charge in [0, 0.05) is 10.7 Å². The first kappa shape index (κ1) is 13.5. The number of amides is 1. The smallest absolute Gasteiger partial charge is 0.245 e. The molecule has 1 heterocycles. The van der Waals surface area contributed by atoms with Crippen molar-refractivity contribution in [3.63, 3.8) is 0 Å². The molecule has 1 amide bonds. The van der Waals surface area contributed by atoms with E-state index >= 15 is 0 Å². The van der Waals surface area contributed by atoms with Crippen molar-refractivity contribution in [2.45, 2.75) is 38.1 Å². The molecule has 1 aliphatic carbocycles. The topological polar surface area (TPSA) is 68.0 Å². The van der Waals surface area contributed by atoms with E-state index in [1.165, 1.54) is 0 Å². The normalized spacial score (nSPS) is 27.8. The van der Waals surface area contributed by atoms with Gasteiger partial charge in [0.05, 0.1) is 5.54 Å². The van der Waals surface area contributed by atoms with Crippen LogP contribution in [0.1, 0.15) is 32.6 Å². The minimum Gasteiger partial charge on any atom is -0.317 e. The van der Waals surface area contributed by atoms with Gasteiger partial charge in [-0.3, -0.25) is 4.79 Å². The molecule has 0 spiro atoms. The van der Waals surface area contributed by atoms with Crippen LogP contribution in [0.5, 0.6) is 0 Å². The summed E-state index contributed by atoms with van der Waals surface area (Å²) in [4.78, 5) is 16.4. The van der Waals surface area contributed by atoms with Gasteiger partial charge in [0.1, 0.15) is 5.82 Å². The summed E-state index contributed by atoms with van der Waals surface area (Å²) in [6.07, 6.45) is 5.32. The van der Waals surface area contributed by atoms with Gasteiger partial charge in [-0.1, -0.05) is 19.8 Å². The van der Waals surface area contributed by atoms with Crippen molar-refractivity contribution in [1.29, 1.82) is 0 Å². The van der Waals surface area contributed by atoms with Crippen LogP contribution in [0.15, 0.2) is 22.8 Å². The largest absolute Gasteiger partial charge is 0.317 e. The van der Waals surface area contributed by atoms with Crippen molar-refractivity contribution in [2.24, 2.45) is 11.7 Å². The fourth-order valence-corrected chi connectivity index (χ4v) is 2.72. The van der Waals surface area contributed by atoms with Crippen LogP contribution in [0, 0.1) is 5.92 Å². The highest BCUT2D eigenvalue weighted by atomic mass is 79.9. The lowest BCUT2D eigenvalue weighted by Gasteiger charge is -2.35. The Morgan fingerprint density at radius 2 is 2.39 bits per heavy atom. The van der Waals surface area contributed by atoms with Crippen molar-refractivity contribution >= 4 is 27.7 Å². The van der Waals surface area contributed by atoms with Crippen LogP contribution >= 0.6 is 15.9 Å². The van der Waals surface area contributed by atoms with E-state index in [1.807, 2.05) is 6.07 Å². The molecule has 2 rings (SSSR count). The molecule has 1 aromatic heterocycles. The van der Waals surface area contributed by atoms with Gasteiger partial charge in [0.15, 0.2) is 0 Å². The first-order chi connectivity index (χ1) is 8.49. The summed E-state index contributed by atoms with van der Waals surface area (Å²) in [5.74, 6) is 0.933. The number of anilines is 1. The first-order valence-electron chi connectivity index (χ1n) is 6.21. The third-order valence-electron chi connectivity index (χ3n) is 3.45. The van der Waals surface area contributed by atoms with Gasteiger partial charge in [-0.15, -0.1) is 0 Å². The molecule has 98 valence electrons. The molecule has 2 unspecified atom stereocenters. The Kier molecular flexibility index (Phi) is 4.02. The molecule has 0 aromatic carbocycles. The van der Waals surface area contributed by atoms with E-state index in [9.17, 15) is 4.79 Å². The minimum absolute atomic E-state index is 0.121. The van der Waals surface area contributed by atoms with Gasteiger partial charge in [0.2, 0.25) is 5.91 Å². The van der Waals surface area contributed by atoms with E-state index in [-0.39, 0.29) is 5.91 Å². The van der Waals surface area contributed by atoms with Gasteiger partial charge in [-0.05, 0) is 46.8 Å². The average molecular weight is 312 g/mol. The Morgan fingerprint density at radius 1 is 1.61 bits per heavy atom. The fourth-order valence-electron chi connectivity index (χ4n) is 2.49. The van der Waals surface area contributed by atoms with Gasteiger partial charge in [0.25, 0.3) is 0 Å². The number of pyridine rings is 1. The standard InChI is InChI=1S/C13H18BrN3O/c1-9-3-2-6-13(15,7-9)12(18)17-11-5-4-10(14)8-16-11/h4-5,8-9H,2-3,6-7,15H2,1H3,(H,16,17,18). The van der Waals surface area contributed by atoms with Crippen molar-refractivity contribution in [3.05, 3.63) is 22.8 Å². The Bertz CT molecular complexity index is 434. The van der Waals surface area contributed by atoms with Crippen LogP contribution in [0.4, 0.5) is 5.82 Å². The van der Waals surface area contributed by atoms with Crippen LogP contribution in [-0.4, -0.2) is 16.4 Å². The Hall–Kier alpha value is -0.940. The van der Waals surface area contributed by atoms with Gasteiger partial charge >= 0.3 is 0 Å². The Labute approximate surface area is 115 Å². The van der Waals surface area contributed by atoms with Crippen LogP contribution in [0.2, 0.25) is 0 Å². The molecule has 4 nitrogen and oxygen atoms in total.